The van der Waals surface area contributed by atoms with E-state index in [-0.39, 0.29) is 0 Å². The largest absolute Gasteiger partial charge is 0.344 e. The first kappa shape index (κ1) is 25.0. The smallest absolute Gasteiger partial charge is 0.130 e. The number of benzene rings is 1. The summed E-state index contributed by atoms with van der Waals surface area (Å²) in [6.45, 7) is 15.8. The highest BCUT2D eigenvalue weighted by molar-refractivity contribution is 5.88. The molecule has 0 amide bonds. The summed E-state index contributed by atoms with van der Waals surface area (Å²) < 4.78 is 2.05. The molecule has 1 N–H and O–H groups in total. The van der Waals surface area contributed by atoms with Gasteiger partial charge >= 0.3 is 0 Å². The van der Waals surface area contributed by atoms with Crippen LogP contribution in [0.25, 0.3) is 21.9 Å². The number of pyridine rings is 1. The molecule has 0 bridgehead atoms. The van der Waals surface area contributed by atoms with E-state index in [4.69, 9.17) is 4.98 Å². The molecule has 3 aromatic rings. The minimum Gasteiger partial charge on any atom is -0.344 e. The lowest BCUT2D eigenvalue weighted by Crippen LogP contribution is -2.39. The molecule has 4 heterocycles. The van der Waals surface area contributed by atoms with Gasteiger partial charge in [0.1, 0.15) is 5.82 Å². The van der Waals surface area contributed by atoms with E-state index in [9.17, 15) is 0 Å². The molecule has 6 heteroatoms. The highest BCUT2D eigenvalue weighted by Crippen LogP contribution is 2.30. The topological polar surface area (TPSA) is 49.2 Å². The summed E-state index contributed by atoms with van der Waals surface area (Å²) in [6, 6.07) is 8.84. The van der Waals surface area contributed by atoms with E-state index >= 15 is 0 Å². The Morgan fingerprint density at radius 1 is 1.03 bits per heavy atom. The Bertz CT molecular complexity index is 1190. The van der Waals surface area contributed by atoms with Crippen LogP contribution in [-0.2, 0) is 13.6 Å². The molecule has 2 aliphatic rings. The summed E-state index contributed by atoms with van der Waals surface area (Å²) >= 11 is 0. The number of aryl methyl sites for hydroxylation is 1. The number of hydrogen-bond acceptors (Lipinski definition) is 5. The molecular weight excluding hydrogens is 444 g/mol. The first-order chi connectivity index (χ1) is 17.5. The average Bonchev–Trinajstić information content (AvgIpc) is 3.23. The Morgan fingerprint density at radius 3 is 2.64 bits per heavy atom. The first-order valence-electron chi connectivity index (χ1n) is 13.8. The van der Waals surface area contributed by atoms with Crippen LogP contribution in [0.5, 0.6) is 0 Å². The van der Waals surface area contributed by atoms with Crippen LogP contribution in [0, 0.1) is 11.8 Å². The van der Waals surface area contributed by atoms with Gasteiger partial charge in [-0.1, -0.05) is 39.0 Å². The zero-order valence-corrected chi connectivity index (χ0v) is 22.3. The quantitative estimate of drug-likeness (QED) is 0.429. The molecule has 1 unspecified atom stereocenters. The molecule has 36 heavy (non-hydrogen) atoms. The summed E-state index contributed by atoms with van der Waals surface area (Å²) in [5, 5.41) is 10.5. The van der Waals surface area contributed by atoms with Crippen molar-refractivity contribution in [3.8, 4) is 11.1 Å². The van der Waals surface area contributed by atoms with E-state index in [1.807, 2.05) is 17.1 Å². The second-order valence-electron chi connectivity index (χ2n) is 11.2. The lowest BCUT2D eigenvalue weighted by molar-refractivity contribution is 0.174. The van der Waals surface area contributed by atoms with E-state index in [1.54, 1.807) is 0 Å². The van der Waals surface area contributed by atoms with E-state index in [0.717, 1.165) is 36.5 Å². The minimum absolute atomic E-state index is 0.467. The van der Waals surface area contributed by atoms with Gasteiger partial charge in [0.05, 0.1) is 11.9 Å². The number of nitrogens with zero attached hydrogens (tertiary/aromatic N) is 5. The standard InChI is InChI=1S/C30H42N6/c1-22(2)19-36-14-8-9-26(20-36)23(3)33-30-16-27-15-24(10-11-25(27)17-31-30)28-18-32-34(4)29(28)21-35-12-6-5-7-13-35/h10-11,15-18,22,26H,3,5-9,12-14,19-21H2,1-2,4H3,(H,31,33). The van der Waals surface area contributed by atoms with Crippen molar-refractivity contribution in [1.82, 2.24) is 24.6 Å². The summed E-state index contributed by atoms with van der Waals surface area (Å²) in [7, 11) is 2.06. The Kier molecular flexibility index (Phi) is 7.73. The van der Waals surface area contributed by atoms with Crippen LogP contribution in [0.3, 0.4) is 0 Å². The maximum absolute atomic E-state index is 4.70. The molecule has 6 nitrogen and oxygen atoms in total. The number of nitrogens with one attached hydrogen (secondary N) is 1. The van der Waals surface area contributed by atoms with Gasteiger partial charge in [0.15, 0.2) is 0 Å². The zero-order valence-electron chi connectivity index (χ0n) is 22.3. The van der Waals surface area contributed by atoms with Crippen molar-refractivity contribution in [2.75, 3.05) is 38.0 Å². The SMILES string of the molecule is C=C(Nc1cc2cc(-c3cnn(C)c3CN3CCCCC3)ccc2cn1)C1CCCN(CC(C)C)C1. The zero-order chi connectivity index (χ0) is 25.1. The van der Waals surface area contributed by atoms with Crippen LogP contribution in [0.2, 0.25) is 0 Å². The molecular formula is C30H42N6. The van der Waals surface area contributed by atoms with Crippen molar-refractivity contribution in [3.63, 3.8) is 0 Å². The number of piperidine rings is 2. The third kappa shape index (κ3) is 5.81. The number of fused-ring (bicyclic) bond motifs is 1. The lowest BCUT2D eigenvalue weighted by atomic mass is 9.94. The Morgan fingerprint density at radius 2 is 1.83 bits per heavy atom. The van der Waals surface area contributed by atoms with Crippen molar-refractivity contribution < 1.29 is 0 Å². The highest BCUT2D eigenvalue weighted by Gasteiger charge is 2.23. The van der Waals surface area contributed by atoms with Crippen LogP contribution in [0.1, 0.15) is 51.6 Å². The fourth-order valence-corrected chi connectivity index (χ4v) is 5.89. The van der Waals surface area contributed by atoms with Gasteiger partial charge in [-0.2, -0.15) is 5.10 Å². The molecule has 1 aromatic carbocycles. The fraction of sp³-hybridized carbons (Fsp3) is 0.533. The van der Waals surface area contributed by atoms with Crippen LogP contribution in [0.15, 0.2) is 48.9 Å². The Labute approximate surface area is 216 Å². The summed E-state index contributed by atoms with van der Waals surface area (Å²) in [6.07, 6.45) is 10.4. The molecule has 2 saturated heterocycles. The maximum atomic E-state index is 4.70. The number of aromatic nitrogens is 3. The second kappa shape index (κ2) is 11.1. The molecule has 192 valence electrons. The van der Waals surface area contributed by atoms with Crippen molar-refractivity contribution in [3.05, 3.63) is 54.6 Å². The van der Waals surface area contributed by atoms with Gasteiger partial charge in [-0.3, -0.25) is 9.58 Å². The van der Waals surface area contributed by atoms with Gasteiger partial charge in [-0.05, 0) is 74.3 Å². The number of likely N-dealkylation sites (tertiary alicyclic amines) is 2. The van der Waals surface area contributed by atoms with Crippen molar-refractivity contribution in [1.29, 1.82) is 0 Å². The fourth-order valence-electron chi connectivity index (χ4n) is 5.89. The monoisotopic (exact) mass is 486 g/mol. The van der Waals surface area contributed by atoms with Gasteiger partial charge < -0.3 is 10.2 Å². The minimum atomic E-state index is 0.467. The highest BCUT2D eigenvalue weighted by atomic mass is 15.3. The average molecular weight is 487 g/mol. The predicted octanol–water partition coefficient (Wildman–Crippen LogP) is 5.91. The van der Waals surface area contributed by atoms with Crippen molar-refractivity contribution in [2.24, 2.45) is 18.9 Å². The van der Waals surface area contributed by atoms with E-state index < -0.39 is 0 Å². The number of hydrogen-bond donors (Lipinski definition) is 1. The Balaban J connectivity index is 1.33. The van der Waals surface area contributed by atoms with Crippen LogP contribution in [-0.4, -0.2) is 57.3 Å². The van der Waals surface area contributed by atoms with Crippen LogP contribution in [0.4, 0.5) is 5.82 Å². The Hall–Kier alpha value is -2.70. The molecule has 2 aliphatic heterocycles. The molecule has 5 rings (SSSR count). The molecule has 1 atom stereocenters. The van der Waals surface area contributed by atoms with E-state index in [1.165, 1.54) is 73.9 Å². The molecule has 0 radical (unpaired) electrons. The maximum Gasteiger partial charge on any atom is 0.130 e. The van der Waals surface area contributed by atoms with Crippen LogP contribution < -0.4 is 5.32 Å². The summed E-state index contributed by atoms with van der Waals surface area (Å²) in [5.74, 6) is 2.04. The summed E-state index contributed by atoms with van der Waals surface area (Å²) in [5.41, 5.74) is 4.83. The molecule has 2 aromatic heterocycles. The van der Waals surface area contributed by atoms with Gasteiger partial charge in [0, 0.05) is 55.4 Å². The molecule has 2 fully saturated rings. The van der Waals surface area contributed by atoms with Gasteiger partial charge in [-0.15, -0.1) is 0 Å². The molecule has 0 aliphatic carbocycles. The second-order valence-corrected chi connectivity index (χ2v) is 11.2. The lowest BCUT2D eigenvalue weighted by Gasteiger charge is -2.34. The van der Waals surface area contributed by atoms with Crippen LogP contribution >= 0.6 is 0 Å². The van der Waals surface area contributed by atoms with Crippen molar-refractivity contribution in [2.45, 2.75) is 52.5 Å². The third-order valence-electron chi connectivity index (χ3n) is 7.83. The van der Waals surface area contributed by atoms with Crippen molar-refractivity contribution >= 4 is 16.6 Å². The van der Waals surface area contributed by atoms with Gasteiger partial charge in [0.25, 0.3) is 0 Å². The summed E-state index contributed by atoms with van der Waals surface area (Å²) in [4.78, 5) is 9.85. The van der Waals surface area contributed by atoms with Gasteiger partial charge in [0.2, 0.25) is 0 Å². The number of anilines is 1. The van der Waals surface area contributed by atoms with E-state index in [2.05, 4.69) is 72.0 Å². The van der Waals surface area contributed by atoms with E-state index in [0.29, 0.717) is 11.8 Å². The predicted molar refractivity (Wildman–Crippen MR) is 150 cm³/mol. The third-order valence-corrected chi connectivity index (χ3v) is 7.83. The number of rotatable bonds is 8. The molecule has 0 spiro atoms. The first-order valence-corrected chi connectivity index (χ1v) is 13.8. The normalized spacial score (nSPS) is 19.7. The van der Waals surface area contributed by atoms with Gasteiger partial charge in [-0.25, -0.2) is 4.98 Å². The molecule has 0 saturated carbocycles.